The van der Waals surface area contributed by atoms with E-state index in [0.29, 0.717) is 11.3 Å². The number of carboxylic acid groups (broad SMARTS) is 1. The van der Waals surface area contributed by atoms with Gasteiger partial charge < -0.3 is 21.7 Å². The van der Waals surface area contributed by atoms with Gasteiger partial charge in [0.25, 0.3) is 0 Å². The summed E-state index contributed by atoms with van der Waals surface area (Å²) < 4.78 is 0. The van der Waals surface area contributed by atoms with Crippen LogP contribution in [0.5, 0.6) is 5.75 Å². The second-order valence-corrected chi connectivity index (χ2v) is 3.04. The zero-order chi connectivity index (χ0) is 10.7. The molecule has 0 saturated heterocycles. The van der Waals surface area contributed by atoms with Gasteiger partial charge in [0.15, 0.2) is 0 Å². The molecular weight excluding hydrogens is 184 g/mol. The summed E-state index contributed by atoms with van der Waals surface area (Å²) in [5, 5.41) is 17.9. The van der Waals surface area contributed by atoms with Crippen LogP contribution in [-0.4, -0.2) is 22.2 Å². The Morgan fingerprint density at radius 3 is 2.71 bits per heavy atom. The number of carboxylic acids is 1. The molecule has 0 aliphatic rings. The molecule has 76 valence electrons. The first-order chi connectivity index (χ1) is 6.50. The number of nitrogen functional groups attached to an aromatic ring is 1. The Morgan fingerprint density at radius 2 is 2.14 bits per heavy atom. The molecule has 0 heterocycles. The topological polar surface area (TPSA) is 110 Å². The molecule has 0 fully saturated rings. The predicted octanol–water partition coefficient (Wildman–Crippen LogP) is -0.0712. The van der Waals surface area contributed by atoms with Gasteiger partial charge in [-0.25, -0.2) is 0 Å². The Bertz CT molecular complexity index is 352. The molecule has 1 atom stereocenters. The van der Waals surface area contributed by atoms with Crippen LogP contribution in [0.1, 0.15) is 5.56 Å². The number of aromatic hydroxyl groups is 1. The second-order valence-electron chi connectivity index (χ2n) is 3.04. The SMILES string of the molecule is Nc1ccc(O)c(C[C@H](N)C(=O)O)c1. The normalized spacial score (nSPS) is 12.4. The van der Waals surface area contributed by atoms with E-state index in [1.807, 2.05) is 0 Å². The maximum absolute atomic E-state index is 10.5. The highest BCUT2D eigenvalue weighted by atomic mass is 16.4. The van der Waals surface area contributed by atoms with Gasteiger partial charge in [-0.05, 0) is 23.8 Å². The molecule has 0 amide bonds. The molecule has 0 bridgehead atoms. The fourth-order valence-corrected chi connectivity index (χ4v) is 1.09. The number of phenolic OH excluding ortho intramolecular Hbond substituents is 1. The van der Waals surface area contributed by atoms with Gasteiger partial charge in [0.05, 0.1) is 0 Å². The van der Waals surface area contributed by atoms with Gasteiger partial charge in [-0.3, -0.25) is 4.79 Å². The van der Waals surface area contributed by atoms with Gasteiger partial charge in [0, 0.05) is 12.1 Å². The van der Waals surface area contributed by atoms with E-state index in [2.05, 4.69) is 0 Å². The van der Waals surface area contributed by atoms with Crippen LogP contribution in [0.2, 0.25) is 0 Å². The summed E-state index contributed by atoms with van der Waals surface area (Å²) in [4.78, 5) is 10.5. The van der Waals surface area contributed by atoms with Crippen molar-refractivity contribution in [3.8, 4) is 5.75 Å². The molecular formula is C9H12N2O3. The highest BCUT2D eigenvalue weighted by Gasteiger charge is 2.14. The number of hydrogen-bond acceptors (Lipinski definition) is 4. The van der Waals surface area contributed by atoms with Crippen LogP contribution in [0, 0.1) is 0 Å². The minimum absolute atomic E-state index is 0.0101. The van der Waals surface area contributed by atoms with Crippen molar-refractivity contribution in [1.29, 1.82) is 0 Å². The number of anilines is 1. The molecule has 0 radical (unpaired) electrons. The van der Waals surface area contributed by atoms with Gasteiger partial charge in [0.1, 0.15) is 11.8 Å². The fourth-order valence-electron chi connectivity index (χ4n) is 1.09. The lowest BCUT2D eigenvalue weighted by atomic mass is 10.1. The van der Waals surface area contributed by atoms with Crippen molar-refractivity contribution in [3.63, 3.8) is 0 Å². The van der Waals surface area contributed by atoms with E-state index in [1.54, 1.807) is 0 Å². The van der Waals surface area contributed by atoms with Crippen LogP contribution in [0.4, 0.5) is 5.69 Å². The lowest BCUT2D eigenvalue weighted by molar-refractivity contribution is -0.138. The van der Waals surface area contributed by atoms with Gasteiger partial charge in [-0.1, -0.05) is 0 Å². The molecule has 0 unspecified atom stereocenters. The molecule has 0 spiro atoms. The number of carbonyl (C=O) groups is 1. The van der Waals surface area contributed by atoms with E-state index < -0.39 is 12.0 Å². The number of hydrogen-bond donors (Lipinski definition) is 4. The third-order valence-corrected chi connectivity index (χ3v) is 1.86. The lowest BCUT2D eigenvalue weighted by Gasteiger charge is -2.08. The maximum Gasteiger partial charge on any atom is 0.320 e. The van der Waals surface area contributed by atoms with Crippen molar-refractivity contribution in [2.24, 2.45) is 5.73 Å². The van der Waals surface area contributed by atoms with E-state index in [0.717, 1.165) is 0 Å². The third kappa shape index (κ3) is 2.37. The van der Waals surface area contributed by atoms with Crippen molar-refractivity contribution in [2.75, 3.05) is 5.73 Å². The monoisotopic (exact) mass is 196 g/mol. The third-order valence-electron chi connectivity index (χ3n) is 1.86. The van der Waals surface area contributed by atoms with Gasteiger partial charge in [-0.15, -0.1) is 0 Å². The largest absolute Gasteiger partial charge is 0.508 e. The summed E-state index contributed by atoms with van der Waals surface area (Å²) in [6.07, 6.45) is 0.0617. The maximum atomic E-state index is 10.5. The van der Waals surface area contributed by atoms with Crippen LogP contribution in [0.25, 0.3) is 0 Å². The number of nitrogens with two attached hydrogens (primary N) is 2. The molecule has 5 nitrogen and oxygen atoms in total. The molecule has 0 aliphatic heterocycles. The van der Waals surface area contributed by atoms with Crippen molar-refractivity contribution in [1.82, 2.24) is 0 Å². The standard InChI is InChI=1S/C9H12N2O3/c10-6-1-2-8(12)5(3-6)4-7(11)9(13)14/h1-3,7,12H,4,10-11H2,(H,13,14)/t7-/m0/s1. The lowest BCUT2D eigenvalue weighted by Crippen LogP contribution is -2.32. The summed E-state index contributed by atoms with van der Waals surface area (Å²) in [5.41, 5.74) is 11.7. The second kappa shape index (κ2) is 3.97. The van der Waals surface area contributed by atoms with Crippen LogP contribution < -0.4 is 11.5 Å². The average molecular weight is 196 g/mol. The Morgan fingerprint density at radius 1 is 1.50 bits per heavy atom. The van der Waals surface area contributed by atoms with E-state index in [1.165, 1.54) is 18.2 Å². The summed E-state index contributed by atoms with van der Waals surface area (Å²) in [6.45, 7) is 0. The van der Waals surface area contributed by atoms with E-state index >= 15 is 0 Å². The van der Waals surface area contributed by atoms with Gasteiger partial charge in [0.2, 0.25) is 0 Å². The fraction of sp³-hybridized carbons (Fsp3) is 0.222. The molecule has 6 N–H and O–H groups in total. The molecule has 1 rings (SSSR count). The minimum Gasteiger partial charge on any atom is -0.508 e. The number of benzene rings is 1. The predicted molar refractivity (Wildman–Crippen MR) is 51.8 cm³/mol. The smallest absolute Gasteiger partial charge is 0.320 e. The van der Waals surface area contributed by atoms with Crippen molar-refractivity contribution in [3.05, 3.63) is 23.8 Å². The number of phenols is 1. The van der Waals surface area contributed by atoms with Gasteiger partial charge >= 0.3 is 5.97 Å². The highest BCUT2D eigenvalue weighted by Crippen LogP contribution is 2.20. The molecule has 0 saturated carbocycles. The number of rotatable bonds is 3. The van der Waals surface area contributed by atoms with Crippen LogP contribution in [0.3, 0.4) is 0 Å². The number of aliphatic carboxylic acids is 1. The van der Waals surface area contributed by atoms with Gasteiger partial charge in [-0.2, -0.15) is 0 Å². The Hall–Kier alpha value is -1.75. The van der Waals surface area contributed by atoms with Crippen molar-refractivity contribution in [2.45, 2.75) is 12.5 Å². The molecule has 14 heavy (non-hydrogen) atoms. The molecule has 1 aromatic rings. The van der Waals surface area contributed by atoms with E-state index in [4.69, 9.17) is 16.6 Å². The Labute approximate surface area is 81.0 Å². The summed E-state index contributed by atoms with van der Waals surface area (Å²) in [5.74, 6) is -1.09. The zero-order valence-corrected chi connectivity index (χ0v) is 7.47. The van der Waals surface area contributed by atoms with E-state index in [-0.39, 0.29) is 12.2 Å². The molecule has 0 aliphatic carbocycles. The summed E-state index contributed by atoms with van der Waals surface area (Å²) in [7, 11) is 0. The van der Waals surface area contributed by atoms with E-state index in [9.17, 15) is 9.90 Å². The van der Waals surface area contributed by atoms with Crippen LogP contribution in [0.15, 0.2) is 18.2 Å². The van der Waals surface area contributed by atoms with Crippen molar-refractivity contribution < 1.29 is 15.0 Å². The minimum atomic E-state index is -1.10. The summed E-state index contributed by atoms with van der Waals surface area (Å²) in [6, 6.07) is 3.44. The first-order valence-electron chi connectivity index (χ1n) is 4.06. The average Bonchev–Trinajstić information content (AvgIpc) is 2.11. The molecule has 5 heteroatoms. The first kappa shape index (κ1) is 10.3. The Kier molecular flexibility index (Phi) is 2.93. The summed E-state index contributed by atoms with van der Waals surface area (Å²) >= 11 is 0. The first-order valence-corrected chi connectivity index (χ1v) is 4.06. The van der Waals surface area contributed by atoms with Crippen LogP contribution in [-0.2, 0) is 11.2 Å². The zero-order valence-electron chi connectivity index (χ0n) is 7.47. The molecule has 1 aromatic carbocycles. The van der Waals surface area contributed by atoms with Crippen molar-refractivity contribution >= 4 is 11.7 Å². The Balaban J connectivity index is 2.85. The van der Waals surface area contributed by atoms with Crippen LogP contribution >= 0.6 is 0 Å². The quantitative estimate of drug-likeness (QED) is 0.399. The molecule has 0 aromatic heterocycles. The highest BCUT2D eigenvalue weighted by molar-refractivity contribution is 5.73.